The minimum absolute atomic E-state index is 0.0241. The maximum Gasteiger partial charge on any atom is 0.139 e. The van der Waals surface area contributed by atoms with Crippen molar-refractivity contribution in [2.75, 3.05) is 0 Å². The first-order valence-electron chi connectivity index (χ1n) is 4.68. The van der Waals surface area contributed by atoms with Crippen molar-refractivity contribution in [3.05, 3.63) is 23.3 Å². The second kappa shape index (κ2) is 6.90. The molecule has 0 spiro atoms. The zero-order chi connectivity index (χ0) is 10.3. The molecular formula is C11H17ClO. The number of Topliss-reactive ketones (excluding diaryl/α,β-unsaturated/α-hetero) is 1. The number of halogens is 1. The number of allylic oxidation sites excluding steroid dienone is 4. The number of hydrogen-bond donors (Lipinski definition) is 0. The smallest absolute Gasteiger partial charge is 0.139 e. The first-order valence-corrected chi connectivity index (χ1v) is 5.06. The largest absolute Gasteiger partial charge is 0.299 e. The average molecular weight is 201 g/mol. The van der Waals surface area contributed by atoms with Gasteiger partial charge < -0.3 is 0 Å². The summed E-state index contributed by atoms with van der Waals surface area (Å²) in [6.07, 6.45) is 7.06. The Morgan fingerprint density at radius 1 is 1.46 bits per heavy atom. The van der Waals surface area contributed by atoms with E-state index < -0.39 is 0 Å². The molecule has 0 heterocycles. The quantitative estimate of drug-likeness (QED) is 0.619. The van der Waals surface area contributed by atoms with E-state index in [2.05, 4.69) is 0 Å². The Morgan fingerprint density at radius 2 is 2.08 bits per heavy atom. The maximum atomic E-state index is 11.2. The summed E-state index contributed by atoms with van der Waals surface area (Å²) in [5, 5.41) is 0.707. The molecule has 0 aromatic heterocycles. The first-order chi connectivity index (χ1) is 6.11. The lowest BCUT2D eigenvalue weighted by Gasteiger charge is -2.00. The van der Waals surface area contributed by atoms with Gasteiger partial charge in [0, 0.05) is 17.4 Å². The summed E-state index contributed by atoms with van der Waals surface area (Å²) < 4.78 is 0. The van der Waals surface area contributed by atoms with E-state index in [1.165, 1.54) is 0 Å². The molecule has 0 aromatic carbocycles. The number of hydrogen-bond acceptors (Lipinski definition) is 1. The standard InChI is InChI=1S/C11H17ClO/c1-4-6-10(12)8-7-9(3)11(13)5-2/h6-9H,4-5H2,1-3H3/b8-7-,10-6+. The van der Waals surface area contributed by atoms with Gasteiger partial charge >= 0.3 is 0 Å². The van der Waals surface area contributed by atoms with Crippen LogP contribution in [0.3, 0.4) is 0 Å². The molecule has 0 fully saturated rings. The molecule has 1 nitrogen and oxygen atoms in total. The molecule has 0 aliphatic carbocycles. The highest BCUT2D eigenvalue weighted by molar-refractivity contribution is 6.31. The SMILES string of the molecule is CC/C=C(Cl)\C=C/C(C)C(=O)CC. The molecule has 0 rings (SSSR count). The van der Waals surface area contributed by atoms with Crippen molar-refractivity contribution in [2.45, 2.75) is 33.6 Å². The maximum absolute atomic E-state index is 11.2. The Kier molecular flexibility index (Phi) is 6.61. The zero-order valence-corrected chi connectivity index (χ0v) is 9.27. The summed E-state index contributed by atoms with van der Waals surface area (Å²) in [5.74, 6) is 0.223. The highest BCUT2D eigenvalue weighted by Gasteiger charge is 2.05. The van der Waals surface area contributed by atoms with E-state index in [1.54, 1.807) is 6.08 Å². The third kappa shape index (κ3) is 5.64. The van der Waals surface area contributed by atoms with Crippen LogP contribution in [0.5, 0.6) is 0 Å². The van der Waals surface area contributed by atoms with Gasteiger partial charge in [-0.05, 0) is 12.5 Å². The molecule has 2 heteroatoms. The third-order valence-electron chi connectivity index (χ3n) is 1.80. The first kappa shape index (κ1) is 12.4. The van der Waals surface area contributed by atoms with Crippen molar-refractivity contribution in [3.63, 3.8) is 0 Å². The van der Waals surface area contributed by atoms with Crippen molar-refractivity contribution in [1.82, 2.24) is 0 Å². The molecular weight excluding hydrogens is 184 g/mol. The van der Waals surface area contributed by atoms with E-state index in [-0.39, 0.29) is 11.7 Å². The van der Waals surface area contributed by atoms with Crippen molar-refractivity contribution in [1.29, 1.82) is 0 Å². The van der Waals surface area contributed by atoms with Crippen LogP contribution in [0.25, 0.3) is 0 Å². The lowest BCUT2D eigenvalue weighted by atomic mass is 10.0. The summed E-state index contributed by atoms with van der Waals surface area (Å²) in [5.41, 5.74) is 0. The minimum atomic E-state index is -0.0241. The Hall–Kier alpha value is -0.560. The fourth-order valence-corrected chi connectivity index (χ4v) is 1.16. The van der Waals surface area contributed by atoms with Crippen LogP contribution in [0.15, 0.2) is 23.3 Å². The van der Waals surface area contributed by atoms with Crippen LogP contribution in [0, 0.1) is 5.92 Å². The van der Waals surface area contributed by atoms with Gasteiger partial charge in [-0.2, -0.15) is 0 Å². The molecule has 0 aromatic rings. The summed E-state index contributed by atoms with van der Waals surface area (Å²) in [6.45, 7) is 5.78. The van der Waals surface area contributed by atoms with Gasteiger partial charge in [-0.15, -0.1) is 0 Å². The fourth-order valence-electron chi connectivity index (χ4n) is 0.929. The van der Waals surface area contributed by atoms with Crippen molar-refractivity contribution in [3.8, 4) is 0 Å². The van der Waals surface area contributed by atoms with E-state index in [1.807, 2.05) is 32.9 Å². The Balaban J connectivity index is 4.11. The molecule has 0 N–H and O–H groups in total. The fraction of sp³-hybridized carbons (Fsp3) is 0.545. The van der Waals surface area contributed by atoms with E-state index in [0.717, 1.165) is 6.42 Å². The van der Waals surface area contributed by atoms with Crippen LogP contribution >= 0.6 is 11.6 Å². The Bertz CT molecular complexity index is 216. The van der Waals surface area contributed by atoms with Crippen LogP contribution in [-0.2, 0) is 4.79 Å². The van der Waals surface area contributed by atoms with Crippen LogP contribution in [0.4, 0.5) is 0 Å². The predicted molar refractivity (Wildman–Crippen MR) is 57.8 cm³/mol. The zero-order valence-electron chi connectivity index (χ0n) is 8.51. The highest BCUT2D eigenvalue weighted by Crippen LogP contribution is 2.09. The Morgan fingerprint density at radius 3 is 2.54 bits per heavy atom. The molecule has 1 atom stereocenters. The molecule has 0 bridgehead atoms. The molecule has 0 aliphatic rings. The third-order valence-corrected chi connectivity index (χ3v) is 2.08. The molecule has 0 amide bonds. The summed E-state index contributed by atoms with van der Waals surface area (Å²) in [4.78, 5) is 11.2. The van der Waals surface area contributed by atoms with Crippen molar-refractivity contribution >= 4 is 17.4 Å². The topological polar surface area (TPSA) is 17.1 Å². The molecule has 0 saturated carbocycles. The number of rotatable bonds is 5. The van der Waals surface area contributed by atoms with Gasteiger partial charge in [0.25, 0.3) is 0 Å². The average Bonchev–Trinajstić information content (AvgIpc) is 2.13. The lowest BCUT2D eigenvalue weighted by Crippen LogP contribution is -2.05. The summed E-state index contributed by atoms with van der Waals surface area (Å²) >= 11 is 5.84. The van der Waals surface area contributed by atoms with Gasteiger partial charge in [0.1, 0.15) is 5.78 Å². The van der Waals surface area contributed by atoms with Gasteiger partial charge in [-0.25, -0.2) is 0 Å². The molecule has 13 heavy (non-hydrogen) atoms. The second-order valence-corrected chi connectivity index (χ2v) is 3.40. The van der Waals surface area contributed by atoms with Gasteiger partial charge in [0.15, 0.2) is 0 Å². The van der Waals surface area contributed by atoms with Crippen LogP contribution < -0.4 is 0 Å². The predicted octanol–water partition coefficient (Wildman–Crippen LogP) is 3.69. The van der Waals surface area contributed by atoms with E-state index in [9.17, 15) is 4.79 Å². The summed E-state index contributed by atoms with van der Waals surface area (Å²) in [6, 6.07) is 0. The number of carbonyl (C=O) groups excluding carboxylic acids is 1. The molecule has 74 valence electrons. The van der Waals surface area contributed by atoms with Gasteiger partial charge in [-0.1, -0.05) is 44.5 Å². The molecule has 0 saturated heterocycles. The number of carbonyl (C=O) groups is 1. The molecule has 1 unspecified atom stereocenters. The van der Waals surface area contributed by atoms with Gasteiger partial charge in [-0.3, -0.25) is 4.79 Å². The van der Waals surface area contributed by atoms with Gasteiger partial charge in [0.05, 0.1) is 0 Å². The van der Waals surface area contributed by atoms with Crippen LogP contribution in [-0.4, -0.2) is 5.78 Å². The summed E-state index contributed by atoms with van der Waals surface area (Å²) in [7, 11) is 0. The van der Waals surface area contributed by atoms with E-state index in [4.69, 9.17) is 11.6 Å². The number of ketones is 1. The molecule has 0 aliphatic heterocycles. The normalized spacial score (nSPS) is 14.9. The minimum Gasteiger partial charge on any atom is -0.299 e. The lowest BCUT2D eigenvalue weighted by molar-refractivity contribution is -0.120. The van der Waals surface area contributed by atoms with Crippen molar-refractivity contribution in [2.24, 2.45) is 5.92 Å². The van der Waals surface area contributed by atoms with Crippen LogP contribution in [0.2, 0.25) is 0 Å². The van der Waals surface area contributed by atoms with Crippen LogP contribution in [0.1, 0.15) is 33.6 Å². The van der Waals surface area contributed by atoms with E-state index in [0.29, 0.717) is 11.5 Å². The van der Waals surface area contributed by atoms with E-state index >= 15 is 0 Å². The van der Waals surface area contributed by atoms with Crippen molar-refractivity contribution < 1.29 is 4.79 Å². The monoisotopic (exact) mass is 200 g/mol. The molecule has 0 radical (unpaired) electrons. The van der Waals surface area contributed by atoms with Gasteiger partial charge in [0.2, 0.25) is 0 Å². The second-order valence-electron chi connectivity index (χ2n) is 2.96. The Labute approximate surface area is 85.5 Å². The highest BCUT2D eigenvalue weighted by atomic mass is 35.5.